The second-order valence-corrected chi connectivity index (χ2v) is 4.02. The number of carbonyl (C=O) groups excluding carboxylic acids is 1. The van der Waals surface area contributed by atoms with Crippen LogP contribution in [-0.2, 0) is 11.2 Å². The maximum absolute atomic E-state index is 11.9. The van der Waals surface area contributed by atoms with Crippen molar-refractivity contribution in [3.8, 4) is 11.8 Å². The molecule has 20 heavy (non-hydrogen) atoms. The second kappa shape index (κ2) is 7.56. The van der Waals surface area contributed by atoms with E-state index in [0.29, 0.717) is 12.8 Å². The first-order valence-corrected chi connectivity index (χ1v) is 5.97. The van der Waals surface area contributed by atoms with Gasteiger partial charge in [-0.15, -0.1) is 0 Å². The normalized spacial score (nSPS) is 10.6. The smallest absolute Gasteiger partial charge is 0.384 e. The number of hydrogen-bond acceptors (Lipinski definition) is 2. The molecule has 0 atom stereocenters. The number of rotatable bonds is 4. The summed E-state index contributed by atoms with van der Waals surface area (Å²) in [5, 5.41) is 10.4. The molecule has 0 aliphatic rings. The van der Waals surface area contributed by atoms with Crippen LogP contribution in [0.4, 0.5) is 13.2 Å². The number of hydrogen-bond donors (Lipinski definition) is 2. The van der Waals surface area contributed by atoms with Crippen LogP contribution in [0.1, 0.15) is 17.5 Å². The lowest BCUT2D eigenvalue weighted by Gasteiger charge is -2.07. The van der Waals surface area contributed by atoms with E-state index in [1.807, 2.05) is 11.4 Å². The van der Waals surface area contributed by atoms with Gasteiger partial charge in [0.25, 0.3) is 0 Å². The number of amides is 1. The average molecular weight is 285 g/mol. The van der Waals surface area contributed by atoms with Crippen molar-refractivity contribution in [2.45, 2.75) is 19.0 Å². The molecule has 3 nitrogen and oxygen atoms in total. The van der Waals surface area contributed by atoms with Crippen LogP contribution in [0.25, 0.3) is 0 Å². The molecule has 0 bridgehead atoms. The van der Waals surface area contributed by atoms with Crippen LogP contribution in [-0.4, -0.2) is 30.3 Å². The molecule has 0 heterocycles. The minimum Gasteiger partial charge on any atom is -0.384 e. The summed E-state index contributed by atoms with van der Waals surface area (Å²) in [5.74, 6) is 3.34. The van der Waals surface area contributed by atoms with E-state index in [9.17, 15) is 18.0 Å². The van der Waals surface area contributed by atoms with Gasteiger partial charge in [-0.1, -0.05) is 24.0 Å². The molecule has 1 rings (SSSR count). The highest BCUT2D eigenvalue weighted by Crippen LogP contribution is 2.14. The van der Waals surface area contributed by atoms with Crippen molar-refractivity contribution in [1.82, 2.24) is 5.32 Å². The molecule has 108 valence electrons. The highest BCUT2D eigenvalue weighted by molar-refractivity contribution is 5.81. The van der Waals surface area contributed by atoms with Crippen molar-refractivity contribution in [3.05, 3.63) is 35.4 Å². The number of halogens is 3. The molecule has 6 heteroatoms. The number of nitrogens with one attached hydrogen (secondary N) is 1. The van der Waals surface area contributed by atoms with E-state index in [-0.39, 0.29) is 13.2 Å². The molecule has 0 radical (unpaired) electrons. The Morgan fingerprint density at radius 1 is 1.35 bits per heavy atom. The van der Waals surface area contributed by atoms with Gasteiger partial charge in [0, 0.05) is 12.1 Å². The van der Waals surface area contributed by atoms with Gasteiger partial charge in [-0.3, -0.25) is 4.79 Å². The van der Waals surface area contributed by atoms with Gasteiger partial charge < -0.3 is 10.4 Å². The van der Waals surface area contributed by atoms with Crippen molar-refractivity contribution in [2.24, 2.45) is 0 Å². The van der Waals surface area contributed by atoms with Gasteiger partial charge in [-0.2, -0.15) is 13.2 Å². The summed E-state index contributed by atoms with van der Waals surface area (Å²) in [4.78, 5) is 10.6. The third kappa shape index (κ3) is 5.76. The molecular weight excluding hydrogens is 271 g/mol. The first kappa shape index (κ1) is 16.1. The fourth-order valence-electron chi connectivity index (χ4n) is 1.54. The Bertz CT molecular complexity index is 515. The number of benzene rings is 1. The molecule has 0 aliphatic carbocycles. The van der Waals surface area contributed by atoms with Gasteiger partial charge in [0.15, 0.2) is 0 Å². The highest BCUT2D eigenvalue weighted by atomic mass is 19.4. The highest BCUT2D eigenvalue weighted by Gasteiger charge is 2.38. The molecule has 1 aromatic carbocycles. The number of carbonyl (C=O) groups is 1. The van der Waals surface area contributed by atoms with E-state index in [0.717, 1.165) is 11.1 Å². The van der Waals surface area contributed by atoms with Gasteiger partial charge in [0.05, 0.1) is 0 Å². The van der Waals surface area contributed by atoms with E-state index in [1.165, 1.54) is 0 Å². The summed E-state index contributed by atoms with van der Waals surface area (Å²) in [5.41, 5.74) is 1.65. The van der Waals surface area contributed by atoms with Gasteiger partial charge in [-0.25, -0.2) is 0 Å². The van der Waals surface area contributed by atoms with Crippen LogP contribution in [0, 0.1) is 11.8 Å². The number of aliphatic hydroxyl groups excluding tert-OH is 1. The first-order valence-electron chi connectivity index (χ1n) is 5.97. The number of aliphatic hydroxyl groups is 1. The minimum absolute atomic E-state index is 0.0368. The zero-order valence-corrected chi connectivity index (χ0v) is 10.6. The SMILES string of the molecule is O=C(NCCCc1cccc(C#CCO)c1)C(F)(F)F. The van der Waals surface area contributed by atoms with Gasteiger partial charge >= 0.3 is 12.1 Å². The van der Waals surface area contributed by atoms with Crippen LogP contribution in [0.3, 0.4) is 0 Å². The van der Waals surface area contributed by atoms with E-state index < -0.39 is 12.1 Å². The lowest BCUT2D eigenvalue weighted by atomic mass is 10.1. The predicted octanol–water partition coefficient (Wildman–Crippen LogP) is 1.64. The van der Waals surface area contributed by atoms with Crippen LogP contribution < -0.4 is 5.32 Å². The fraction of sp³-hybridized carbons (Fsp3) is 0.357. The summed E-state index contributed by atoms with van der Waals surface area (Å²) >= 11 is 0. The van der Waals surface area contributed by atoms with E-state index in [2.05, 4.69) is 11.8 Å². The average Bonchev–Trinajstić information content (AvgIpc) is 2.40. The molecule has 2 N–H and O–H groups in total. The monoisotopic (exact) mass is 285 g/mol. The maximum atomic E-state index is 11.9. The molecule has 0 saturated heterocycles. The van der Waals surface area contributed by atoms with E-state index in [1.54, 1.807) is 18.2 Å². The summed E-state index contributed by atoms with van der Waals surface area (Å²) in [6, 6.07) is 7.19. The first-order chi connectivity index (χ1) is 9.43. The number of aryl methyl sites for hydroxylation is 1. The molecule has 0 unspecified atom stereocenters. The largest absolute Gasteiger partial charge is 0.471 e. The third-order valence-corrected chi connectivity index (χ3v) is 2.42. The Kier molecular flexibility index (Phi) is 6.07. The van der Waals surface area contributed by atoms with Gasteiger partial charge in [0.2, 0.25) is 0 Å². The summed E-state index contributed by atoms with van der Waals surface area (Å²) < 4.78 is 35.8. The van der Waals surface area contributed by atoms with Gasteiger partial charge in [-0.05, 0) is 30.5 Å². The molecule has 0 spiro atoms. The Hall–Kier alpha value is -2.00. The standard InChI is InChI=1S/C14H14F3NO2/c15-14(16,17)13(20)18-8-2-6-11-4-1-5-12(10-11)7-3-9-19/h1,4-5,10,19H,2,6,8-9H2,(H,18,20). The molecule has 0 aromatic heterocycles. The summed E-state index contributed by atoms with van der Waals surface area (Å²) in [7, 11) is 0. The third-order valence-electron chi connectivity index (χ3n) is 2.42. The predicted molar refractivity (Wildman–Crippen MR) is 67.8 cm³/mol. The van der Waals surface area contributed by atoms with Crippen LogP contribution in [0.2, 0.25) is 0 Å². The fourth-order valence-corrected chi connectivity index (χ4v) is 1.54. The molecule has 0 aliphatic heterocycles. The second-order valence-electron chi connectivity index (χ2n) is 4.02. The van der Waals surface area contributed by atoms with Crippen LogP contribution >= 0.6 is 0 Å². The summed E-state index contributed by atoms with van der Waals surface area (Å²) in [6.45, 7) is -0.265. The molecule has 0 saturated carbocycles. The zero-order valence-electron chi connectivity index (χ0n) is 10.6. The molecule has 1 aromatic rings. The molecule has 1 amide bonds. The van der Waals surface area contributed by atoms with E-state index in [4.69, 9.17) is 5.11 Å². The Morgan fingerprint density at radius 3 is 2.75 bits per heavy atom. The maximum Gasteiger partial charge on any atom is 0.471 e. The van der Waals surface area contributed by atoms with Crippen LogP contribution in [0.15, 0.2) is 24.3 Å². The quantitative estimate of drug-likeness (QED) is 0.652. The molecular formula is C14H14F3NO2. The topological polar surface area (TPSA) is 49.3 Å². The van der Waals surface area contributed by atoms with Crippen molar-refractivity contribution in [1.29, 1.82) is 0 Å². The van der Waals surface area contributed by atoms with Crippen LogP contribution in [0.5, 0.6) is 0 Å². The van der Waals surface area contributed by atoms with Gasteiger partial charge in [0.1, 0.15) is 6.61 Å². The lowest BCUT2D eigenvalue weighted by Crippen LogP contribution is -2.37. The van der Waals surface area contributed by atoms with Crippen molar-refractivity contribution in [3.63, 3.8) is 0 Å². The zero-order chi connectivity index (χ0) is 15.0. The minimum atomic E-state index is -4.83. The Balaban J connectivity index is 2.41. The Morgan fingerprint density at radius 2 is 2.10 bits per heavy atom. The van der Waals surface area contributed by atoms with Crippen molar-refractivity contribution < 1.29 is 23.1 Å². The van der Waals surface area contributed by atoms with E-state index >= 15 is 0 Å². The summed E-state index contributed by atoms with van der Waals surface area (Å²) in [6.07, 6.45) is -3.90. The number of alkyl halides is 3. The Labute approximate surface area is 114 Å². The molecule has 0 fully saturated rings. The lowest BCUT2D eigenvalue weighted by molar-refractivity contribution is -0.173. The van der Waals surface area contributed by atoms with Crippen molar-refractivity contribution >= 4 is 5.91 Å². The van der Waals surface area contributed by atoms with Crippen molar-refractivity contribution in [2.75, 3.05) is 13.2 Å².